The standard InChI is InChI=1S/C9H14ClF2N3/c1-3-15-7(4-6(13)9(11)12)8(10)5(2)14-15/h6,9H,3-4,13H2,1-2H3. The third kappa shape index (κ3) is 2.66. The zero-order valence-corrected chi connectivity index (χ0v) is 9.43. The van der Waals surface area contributed by atoms with E-state index in [-0.39, 0.29) is 6.42 Å². The number of rotatable bonds is 4. The molecule has 0 amide bonds. The van der Waals surface area contributed by atoms with Gasteiger partial charge in [-0.2, -0.15) is 5.10 Å². The molecule has 6 heteroatoms. The zero-order chi connectivity index (χ0) is 11.6. The maximum Gasteiger partial charge on any atom is 0.253 e. The predicted molar refractivity (Wildman–Crippen MR) is 55.3 cm³/mol. The van der Waals surface area contributed by atoms with Crippen LogP contribution in [0.1, 0.15) is 18.3 Å². The van der Waals surface area contributed by atoms with E-state index in [1.54, 1.807) is 11.6 Å². The van der Waals surface area contributed by atoms with Crippen LogP contribution in [-0.2, 0) is 13.0 Å². The molecule has 1 atom stereocenters. The molecular formula is C9H14ClF2N3. The van der Waals surface area contributed by atoms with Gasteiger partial charge in [0, 0.05) is 13.0 Å². The minimum Gasteiger partial charge on any atom is -0.323 e. The Balaban J connectivity index is 2.92. The van der Waals surface area contributed by atoms with E-state index < -0.39 is 12.5 Å². The fourth-order valence-electron chi connectivity index (χ4n) is 1.38. The van der Waals surface area contributed by atoms with Crippen molar-refractivity contribution in [1.29, 1.82) is 0 Å². The van der Waals surface area contributed by atoms with Gasteiger partial charge in [0.2, 0.25) is 0 Å². The zero-order valence-electron chi connectivity index (χ0n) is 8.67. The summed E-state index contributed by atoms with van der Waals surface area (Å²) in [6.45, 7) is 4.21. The van der Waals surface area contributed by atoms with E-state index in [2.05, 4.69) is 5.10 Å². The molecule has 0 aliphatic carbocycles. The third-order valence-electron chi connectivity index (χ3n) is 2.21. The predicted octanol–water partition coefficient (Wildman–Crippen LogP) is 2.00. The number of aryl methyl sites for hydroxylation is 2. The van der Waals surface area contributed by atoms with Crippen molar-refractivity contribution >= 4 is 11.6 Å². The lowest BCUT2D eigenvalue weighted by Crippen LogP contribution is -2.32. The van der Waals surface area contributed by atoms with Crippen molar-refractivity contribution in [3.63, 3.8) is 0 Å². The molecule has 2 N–H and O–H groups in total. The van der Waals surface area contributed by atoms with Gasteiger partial charge in [-0.25, -0.2) is 8.78 Å². The summed E-state index contributed by atoms with van der Waals surface area (Å²) < 4.78 is 26.2. The summed E-state index contributed by atoms with van der Waals surface area (Å²) in [6.07, 6.45) is -2.49. The molecule has 1 aromatic rings. The first kappa shape index (κ1) is 12.4. The number of hydrogen-bond acceptors (Lipinski definition) is 2. The average molecular weight is 238 g/mol. The number of nitrogens with two attached hydrogens (primary N) is 1. The second-order valence-electron chi connectivity index (χ2n) is 3.36. The SMILES string of the molecule is CCn1nc(C)c(Cl)c1CC(N)C(F)F. The quantitative estimate of drug-likeness (QED) is 0.871. The van der Waals surface area contributed by atoms with Crippen LogP contribution in [-0.4, -0.2) is 22.2 Å². The molecular weight excluding hydrogens is 224 g/mol. The highest BCUT2D eigenvalue weighted by molar-refractivity contribution is 6.31. The van der Waals surface area contributed by atoms with E-state index in [0.717, 1.165) is 0 Å². The molecule has 0 aliphatic rings. The van der Waals surface area contributed by atoms with Crippen LogP contribution in [0.5, 0.6) is 0 Å². The first-order valence-electron chi connectivity index (χ1n) is 4.72. The molecule has 0 fully saturated rings. The van der Waals surface area contributed by atoms with Crippen molar-refractivity contribution < 1.29 is 8.78 Å². The Morgan fingerprint density at radius 2 is 2.13 bits per heavy atom. The summed E-state index contributed by atoms with van der Waals surface area (Å²) in [7, 11) is 0. The maximum absolute atomic E-state index is 12.3. The maximum atomic E-state index is 12.3. The number of hydrogen-bond donors (Lipinski definition) is 1. The first-order chi connectivity index (χ1) is 6.97. The Hall–Kier alpha value is -0.680. The third-order valence-corrected chi connectivity index (χ3v) is 2.70. The van der Waals surface area contributed by atoms with Gasteiger partial charge in [-0.3, -0.25) is 4.68 Å². The van der Waals surface area contributed by atoms with Crippen molar-refractivity contribution in [1.82, 2.24) is 9.78 Å². The molecule has 0 bridgehead atoms. The minimum absolute atomic E-state index is 0.0468. The minimum atomic E-state index is -2.54. The van der Waals surface area contributed by atoms with Crippen LogP contribution in [0.2, 0.25) is 5.02 Å². The second kappa shape index (κ2) is 4.90. The summed E-state index contributed by atoms with van der Waals surface area (Å²) in [6, 6.07) is -1.19. The molecule has 1 aromatic heterocycles. The van der Waals surface area contributed by atoms with Gasteiger partial charge in [-0.05, 0) is 13.8 Å². The lowest BCUT2D eigenvalue weighted by molar-refractivity contribution is 0.115. The molecule has 0 aromatic carbocycles. The largest absolute Gasteiger partial charge is 0.323 e. The second-order valence-corrected chi connectivity index (χ2v) is 3.74. The highest BCUT2D eigenvalue weighted by Gasteiger charge is 2.21. The smallest absolute Gasteiger partial charge is 0.253 e. The van der Waals surface area contributed by atoms with E-state index in [4.69, 9.17) is 17.3 Å². The lowest BCUT2D eigenvalue weighted by Gasteiger charge is -2.11. The van der Waals surface area contributed by atoms with E-state index >= 15 is 0 Å². The Morgan fingerprint density at radius 1 is 1.53 bits per heavy atom. The van der Waals surface area contributed by atoms with Gasteiger partial charge in [-0.1, -0.05) is 11.6 Å². The normalized spacial score (nSPS) is 13.5. The first-order valence-corrected chi connectivity index (χ1v) is 5.10. The summed E-state index contributed by atoms with van der Waals surface area (Å²) in [5.41, 5.74) is 6.54. The highest BCUT2D eigenvalue weighted by Crippen LogP contribution is 2.22. The molecule has 0 spiro atoms. The summed E-state index contributed by atoms with van der Waals surface area (Å²) in [5.74, 6) is 0. The van der Waals surface area contributed by atoms with Crippen LogP contribution >= 0.6 is 11.6 Å². The van der Waals surface area contributed by atoms with Crippen LogP contribution < -0.4 is 5.73 Å². The van der Waals surface area contributed by atoms with E-state index in [0.29, 0.717) is 23.0 Å². The molecule has 0 radical (unpaired) electrons. The van der Waals surface area contributed by atoms with Gasteiger partial charge in [0.05, 0.1) is 22.5 Å². The summed E-state index contributed by atoms with van der Waals surface area (Å²) in [4.78, 5) is 0. The van der Waals surface area contributed by atoms with Crippen LogP contribution in [0.15, 0.2) is 0 Å². The van der Waals surface area contributed by atoms with Crippen LogP contribution in [0.3, 0.4) is 0 Å². The Kier molecular flexibility index (Phi) is 4.04. The van der Waals surface area contributed by atoms with Gasteiger partial charge in [-0.15, -0.1) is 0 Å². The Bertz CT molecular complexity index is 338. The lowest BCUT2D eigenvalue weighted by atomic mass is 10.1. The van der Waals surface area contributed by atoms with Crippen molar-refractivity contribution in [3.8, 4) is 0 Å². The van der Waals surface area contributed by atoms with Crippen LogP contribution in [0.25, 0.3) is 0 Å². The molecule has 3 nitrogen and oxygen atoms in total. The molecule has 0 aliphatic heterocycles. The molecule has 1 heterocycles. The van der Waals surface area contributed by atoms with Gasteiger partial charge >= 0.3 is 0 Å². The van der Waals surface area contributed by atoms with Crippen molar-refractivity contribution in [2.24, 2.45) is 5.73 Å². The van der Waals surface area contributed by atoms with Gasteiger partial charge < -0.3 is 5.73 Å². The summed E-state index contributed by atoms with van der Waals surface area (Å²) >= 11 is 5.96. The Morgan fingerprint density at radius 3 is 2.60 bits per heavy atom. The number of nitrogens with zero attached hydrogens (tertiary/aromatic N) is 2. The van der Waals surface area contributed by atoms with Gasteiger partial charge in [0.15, 0.2) is 0 Å². The fraction of sp³-hybridized carbons (Fsp3) is 0.667. The van der Waals surface area contributed by atoms with E-state index in [1.165, 1.54) is 0 Å². The molecule has 1 unspecified atom stereocenters. The molecule has 0 saturated heterocycles. The van der Waals surface area contributed by atoms with Crippen molar-refractivity contribution in [3.05, 3.63) is 16.4 Å². The number of aromatic nitrogens is 2. The van der Waals surface area contributed by atoms with Crippen molar-refractivity contribution in [2.75, 3.05) is 0 Å². The van der Waals surface area contributed by atoms with E-state index in [9.17, 15) is 8.78 Å². The van der Waals surface area contributed by atoms with Crippen LogP contribution in [0, 0.1) is 6.92 Å². The molecule has 15 heavy (non-hydrogen) atoms. The topological polar surface area (TPSA) is 43.8 Å². The fourth-order valence-corrected chi connectivity index (χ4v) is 1.59. The highest BCUT2D eigenvalue weighted by atomic mass is 35.5. The Labute approximate surface area is 92.2 Å². The van der Waals surface area contributed by atoms with Gasteiger partial charge in [0.25, 0.3) is 6.43 Å². The van der Waals surface area contributed by atoms with Crippen molar-refractivity contribution in [2.45, 2.75) is 39.3 Å². The van der Waals surface area contributed by atoms with Crippen LogP contribution in [0.4, 0.5) is 8.78 Å². The number of alkyl halides is 2. The monoisotopic (exact) mass is 237 g/mol. The average Bonchev–Trinajstić information content (AvgIpc) is 2.45. The molecule has 86 valence electrons. The molecule has 1 rings (SSSR count). The van der Waals surface area contributed by atoms with Gasteiger partial charge in [0.1, 0.15) is 0 Å². The number of halogens is 3. The van der Waals surface area contributed by atoms with E-state index in [1.807, 2.05) is 6.92 Å². The summed E-state index contributed by atoms with van der Waals surface area (Å²) in [5, 5.41) is 4.56. The molecule has 0 saturated carbocycles.